The highest BCUT2D eigenvalue weighted by molar-refractivity contribution is 5.84. The number of aryl methyl sites for hydroxylation is 1. The molecule has 0 fully saturated rings. The van der Waals surface area contributed by atoms with Gasteiger partial charge in [-0.05, 0) is 60.4 Å². The summed E-state index contributed by atoms with van der Waals surface area (Å²) in [7, 11) is 0. The zero-order chi connectivity index (χ0) is 19.9. The van der Waals surface area contributed by atoms with Crippen LogP contribution in [0.2, 0.25) is 0 Å². The lowest BCUT2D eigenvalue weighted by atomic mass is 10.1. The van der Waals surface area contributed by atoms with Gasteiger partial charge in [-0.1, -0.05) is 49.4 Å². The van der Waals surface area contributed by atoms with Gasteiger partial charge in [0.2, 0.25) is 0 Å². The van der Waals surface area contributed by atoms with Gasteiger partial charge in [0.05, 0.1) is 6.54 Å². The Morgan fingerprint density at radius 3 is 2.57 bits per heavy atom. The average Bonchev–Trinajstić information content (AvgIpc) is 2.72. The van der Waals surface area contributed by atoms with Crippen molar-refractivity contribution in [1.29, 1.82) is 0 Å². The van der Waals surface area contributed by atoms with Crippen molar-refractivity contribution in [3.05, 3.63) is 71.8 Å². The van der Waals surface area contributed by atoms with E-state index in [4.69, 9.17) is 9.47 Å². The smallest absolute Gasteiger partial charge is 0.261 e. The number of nitrogens with one attached hydrogen (secondary N) is 1. The molecule has 0 saturated heterocycles. The van der Waals surface area contributed by atoms with E-state index in [1.165, 1.54) is 5.56 Å². The van der Waals surface area contributed by atoms with Crippen LogP contribution in [0.5, 0.6) is 11.5 Å². The predicted octanol–water partition coefficient (Wildman–Crippen LogP) is 4.81. The van der Waals surface area contributed by atoms with E-state index in [1.807, 2.05) is 62.4 Å². The first kappa shape index (κ1) is 19.7. The summed E-state index contributed by atoms with van der Waals surface area (Å²) >= 11 is 0. The third kappa shape index (κ3) is 4.83. The van der Waals surface area contributed by atoms with Crippen molar-refractivity contribution in [1.82, 2.24) is 5.32 Å². The first-order valence-corrected chi connectivity index (χ1v) is 9.70. The van der Waals surface area contributed by atoms with E-state index in [1.54, 1.807) is 0 Å². The maximum absolute atomic E-state index is 12.5. The second kappa shape index (κ2) is 9.27. The standard InChI is InChI=1S/C24H27NO3/c1-4-22(28-21-13-12-19-9-5-6-10-20(19)16-21)24(26)25-14-15-27-23-11-7-8-17(2)18(23)3/h5-13,16,22H,4,14-15H2,1-3H3,(H,25,26)/t22-/m1/s1. The molecule has 0 bridgehead atoms. The minimum Gasteiger partial charge on any atom is -0.491 e. The highest BCUT2D eigenvalue weighted by atomic mass is 16.5. The number of benzene rings is 3. The van der Waals surface area contributed by atoms with Crippen molar-refractivity contribution in [3.8, 4) is 11.5 Å². The molecule has 4 heteroatoms. The molecule has 0 aliphatic rings. The fraction of sp³-hybridized carbons (Fsp3) is 0.292. The summed E-state index contributed by atoms with van der Waals surface area (Å²) in [5.41, 5.74) is 2.32. The van der Waals surface area contributed by atoms with Crippen LogP contribution in [0.3, 0.4) is 0 Å². The van der Waals surface area contributed by atoms with Crippen LogP contribution in [0, 0.1) is 13.8 Å². The molecule has 3 rings (SSSR count). The SMILES string of the molecule is CC[C@@H](Oc1ccc2ccccc2c1)C(=O)NCCOc1cccc(C)c1C. The van der Waals surface area contributed by atoms with E-state index >= 15 is 0 Å². The fourth-order valence-electron chi connectivity index (χ4n) is 3.06. The Kier molecular flexibility index (Phi) is 6.53. The molecule has 3 aromatic carbocycles. The van der Waals surface area contributed by atoms with Crippen LogP contribution in [0.1, 0.15) is 24.5 Å². The number of hydrogen-bond donors (Lipinski definition) is 1. The normalized spacial score (nSPS) is 11.8. The lowest BCUT2D eigenvalue weighted by Crippen LogP contribution is -2.39. The van der Waals surface area contributed by atoms with Crippen molar-refractivity contribution in [2.24, 2.45) is 0 Å². The number of fused-ring (bicyclic) bond motifs is 1. The predicted molar refractivity (Wildman–Crippen MR) is 113 cm³/mol. The largest absolute Gasteiger partial charge is 0.491 e. The van der Waals surface area contributed by atoms with Crippen molar-refractivity contribution >= 4 is 16.7 Å². The molecule has 0 unspecified atom stereocenters. The lowest BCUT2D eigenvalue weighted by Gasteiger charge is -2.18. The third-order valence-electron chi connectivity index (χ3n) is 4.88. The Balaban J connectivity index is 1.52. The highest BCUT2D eigenvalue weighted by Gasteiger charge is 2.18. The first-order chi connectivity index (χ1) is 13.6. The number of hydrogen-bond acceptors (Lipinski definition) is 3. The lowest BCUT2D eigenvalue weighted by molar-refractivity contribution is -0.128. The number of rotatable bonds is 8. The van der Waals surface area contributed by atoms with Crippen LogP contribution >= 0.6 is 0 Å². The molecular formula is C24H27NO3. The molecule has 0 heterocycles. The van der Waals surface area contributed by atoms with E-state index in [-0.39, 0.29) is 5.91 Å². The van der Waals surface area contributed by atoms with Gasteiger partial charge < -0.3 is 14.8 Å². The first-order valence-electron chi connectivity index (χ1n) is 9.70. The summed E-state index contributed by atoms with van der Waals surface area (Å²) in [5, 5.41) is 5.15. The molecule has 28 heavy (non-hydrogen) atoms. The monoisotopic (exact) mass is 377 g/mol. The van der Waals surface area contributed by atoms with Gasteiger partial charge in [0, 0.05) is 0 Å². The molecule has 0 saturated carbocycles. The van der Waals surface area contributed by atoms with Gasteiger partial charge >= 0.3 is 0 Å². The van der Waals surface area contributed by atoms with E-state index in [0.29, 0.717) is 25.3 Å². The fourth-order valence-corrected chi connectivity index (χ4v) is 3.06. The zero-order valence-corrected chi connectivity index (χ0v) is 16.7. The van der Waals surface area contributed by atoms with Crippen LogP contribution in [0.15, 0.2) is 60.7 Å². The van der Waals surface area contributed by atoms with E-state index in [9.17, 15) is 4.79 Å². The van der Waals surface area contributed by atoms with Gasteiger partial charge in [-0.3, -0.25) is 4.79 Å². The van der Waals surface area contributed by atoms with E-state index in [2.05, 4.69) is 24.4 Å². The van der Waals surface area contributed by atoms with Crippen LogP contribution < -0.4 is 14.8 Å². The van der Waals surface area contributed by atoms with Gasteiger partial charge in [-0.15, -0.1) is 0 Å². The quantitative estimate of drug-likeness (QED) is 0.573. The van der Waals surface area contributed by atoms with Crippen LogP contribution in [-0.4, -0.2) is 25.2 Å². The summed E-state index contributed by atoms with van der Waals surface area (Å²) in [6.45, 7) is 6.89. The molecule has 1 N–H and O–H groups in total. The van der Waals surface area contributed by atoms with Crippen LogP contribution in [0.4, 0.5) is 0 Å². The Bertz CT molecular complexity index is 951. The Labute approximate surface area is 166 Å². The molecular weight excluding hydrogens is 350 g/mol. The number of carbonyl (C=O) groups is 1. The molecule has 1 amide bonds. The van der Waals surface area contributed by atoms with E-state index in [0.717, 1.165) is 22.1 Å². The summed E-state index contributed by atoms with van der Waals surface area (Å²) in [6.07, 6.45) is 0.0677. The topological polar surface area (TPSA) is 47.6 Å². The molecule has 146 valence electrons. The van der Waals surface area contributed by atoms with Crippen molar-refractivity contribution in [2.45, 2.75) is 33.3 Å². The Morgan fingerprint density at radius 2 is 1.79 bits per heavy atom. The second-order valence-corrected chi connectivity index (χ2v) is 6.86. The van der Waals surface area contributed by atoms with Crippen LogP contribution in [0.25, 0.3) is 10.8 Å². The van der Waals surface area contributed by atoms with Gasteiger partial charge in [0.25, 0.3) is 5.91 Å². The minimum absolute atomic E-state index is 0.125. The molecule has 1 atom stereocenters. The van der Waals surface area contributed by atoms with Gasteiger partial charge in [-0.2, -0.15) is 0 Å². The number of ether oxygens (including phenoxy) is 2. The van der Waals surface area contributed by atoms with Gasteiger partial charge in [0.15, 0.2) is 6.10 Å². The Morgan fingerprint density at radius 1 is 1.00 bits per heavy atom. The number of amides is 1. The van der Waals surface area contributed by atoms with Gasteiger partial charge in [0.1, 0.15) is 18.1 Å². The van der Waals surface area contributed by atoms with Crippen molar-refractivity contribution < 1.29 is 14.3 Å². The van der Waals surface area contributed by atoms with Crippen LogP contribution in [-0.2, 0) is 4.79 Å². The molecule has 0 aliphatic heterocycles. The third-order valence-corrected chi connectivity index (χ3v) is 4.88. The summed E-state index contributed by atoms with van der Waals surface area (Å²) < 4.78 is 11.7. The molecule has 3 aromatic rings. The highest BCUT2D eigenvalue weighted by Crippen LogP contribution is 2.22. The van der Waals surface area contributed by atoms with Gasteiger partial charge in [-0.25, -0.2) is 0 Å². The molecule has 4 nitrogen and oxygen atoms in total. The maximum atomic E-state index is 12.5. The van der Waals surface area contributed by atoms with Crippen molar-refractivity contribution in [2.75, 3.05) is 13.2 Å². The molecule has 0 aromatic heterocycles. The Hall–Kier alpha value is -3.01. The summed E-state index contributed by atoms with van der Waals surface area (Å²) in [5.74, 6) is 1.43. The summed E-state index contributed by atoms with van der Waals surface area (Å²) in [4.78, 5) is 12.5. The van der Waals surface area contributed by atoms with Crippen molar-refractivity contribution in [3.63, 3.8) is 0 Å². The summed E-state index contributed by atoms with van der Waals surface area (Å²) in [6, 6.07) is 19.9. The molecule has 0 radical (unpaired) electrons. The zero-order valence-electron chi connectivity index (χ0n) is 16.7. The minimum atomic E-state index is -0.526. The second-order valence-electron chi connectivity index (χ2n) is 6.86. The average molecular weight is 377 g/mol. The maximum Gasteiger partial charge on any atom is 0.261 e. The molecule has 0 spiro atoms. The molecule has 0 aliphatic carbocycles. The number of carbonyl (C=O) groups excluding carboxylic acids is 1. The van der Waals surface area contributed by atoms with E-state index < -0.39 is 6.10 Å².